The van der Waals surface area contributed by atoms with Gasteiger partial charge in [0.1, 0.15) is 0 Å². The Kier molecular flexibility index (Phi) is 5.59. The van der Waals surface area contributed by atoms with Gasteiger partial charge in [0.15, 0.2) is 0 Å². The van der Waals surface area contributed by atoms with Crippen molar-refractivity contribution in [3.8, 4) is 5.69 Å². The SMILES string of the molecule is Cc1c(C(=O)Nc2cccc(S(=O)(=O)NC(C)(C)C)c2)cnn1-c1ccccc1. The number of hydrogen-bond acceptors (Lipinski definition) is 4. The van der Waals surface area contributed by atoms with E-state index in [0.29, 0.717) is 16.9 Å². The van der Waals surface area contributed by atoms with Crippen LogP contribution in [0.15, 0.2) is 65.7 Å². The molecule has 0 unspecified atom stereocenters. The van der Waals surface area contributed by atoms with Crippen LogP contribution >= 0.6 is 0 Å². The van der Waals surface area contributed by atoms with Crippen molar-refractivity contribution in [2.75, 3.05) is 5.32 Å². The Morgan fingerprint density at radius 2 is 1.72 bits per heavy atom. The van der Waals surface area contributed by atoms with Crippen molar-refractivity contribution >= 4 is 21.6 Å². The molecule has 0 atom stereocenters. The minimum atomic E-state index is -3.70. The molecule has 2 aromatic carbocycles. The number of sulfonamides is 1. The zero-order valence-corrected chi connectivity index (χ0v) is 17.6. The molecule has 152 valence electrons. The fourth-order valence-electron chi connectivity index (χ4n) is 2.86. The highest BCUT2D eigenvalue weighted by Gasteiger charge is 2.22. The molecule has 3 aromatic rings. The second-order valence-corrected chi connectivity index (χ2v) is 9.41. The van der Waals surface area contributed by atoms with Gasteiger partial charge in [-0.05, 0) is 58.0 Å². The van der Waals surface area contributed by atoms with Crippen LogP contribution in [0.25, 0.3) is 5.69 Å². The summed E-state index contributed by atoms with van der Waals surface area (Å²) < 4.78 is 29.4. The standard InChI is InChI=1S/C21H24N4O3S/c1-15-19(14-22-25(15)17-10-6-5-7-11-17)20(26)23-16-9-8-12-18(13-16)29(27,28)24-21(2,3)4/h5-14,24H,1-4H3,(H,23,26). The number of carbonyl (C=O) groups is 1. The monoisotopic (exact) mass is 412 g/mol. The van der Waals surface area contributed by atoms with Gasteiger partial charge in [0, 0.05) is 11.2 Å². The van der Waals surface area contributed by atoms with E-state index in [1.807, 2.05) is 37.3 Å². The molecular weight excluding hydrogens is 388 g/mol. The molecule has 0 aliphatic heterocycles. The third-order valence-electron chi connectivity index (χ3n) is 4.10. The van der Waals surface area contributed by atoms with Gasteiger partial charge in [-0.1, -0.05) is 24.3 Å². The largest absolute Gasteiger partial charge is 0.322 e. The number of nitrogens with one attached hydrogen (secondary N) is 2. The number of amides is 1. The first-order valence-corrected chi connectivity index (χ1v) is 10.6. The highest BCUT2D eigenvalue weighted by Crippen LogP contribution is 2.20. The van der Waals surface area contributed by atoms with Crippen LogP contribution in [-0.4, -0.2) is 29.6 Å². The van der Waals surface area contributed by atoms with Gasteiger partial charge in [0.05, 0.1) is 28.0 Å². The number of nitrogens with zero attached hydrogens (tertiary/aromatic N) is 2. The second-order valence-electron chi connectivity index (χ2n) is 7.73. The molecule has 0 radical (unpaired) electrons. The van der Waals surface area contributed by atoms with Gasteiger partial charge in [0.25, 0.3) is 5.91 Å². The van der Waals surface area contributed by atoms with E-state index >= 15 is 0 Å². The lowest BCUT2D eigenvalue weighted by Crippen LogP contribution is -2.40. The van der Waals surface area contributed by atoms with Gasteiger partial charge in [-0.15, -0.1) is 0 Å². The van der Waals surface area contributed by atoms with Crippen LogP contribution in [0, 0.1) is 6.92 Å². The van der Waals surface area contributed by atoms with Gasteiger partial charge >= 0.3 is 0 Å². The lowest BCUT2D eigenvalue weighted by molar-refractivity contribution is 0.102. The number of para-hydroxylation sites is 1. The maximum absolute atomic E-state index is 12.7. The Morgan fingerprint density at radius 3 is 2.38 bits per heavy atom. The fourth-order valence-corrected chi connectivity index (χ4v) is 4.33. The summed E-state index contributed by atoms with van der Waals surface area (Å²) in [4.78, 5) is 12.8. The quantitative estimate of drug-likeness (QED) is 0.671. The summed E-state index contributed by atoms with van der Waals surface area (Å²) in [6, 6.07) is 15.7. The first kappa shape index (κ1) is 20.8. The molecule has 8 heteroatoms. The maximum Gasteiger partial charge on any atom is 0.259 e. The smallest absolute Gasteiger partial charge is 0.259 e. The Morgan fingerprint density at radius 1 is 1.03 bits per heavy atom. The summed E-state index contributed by atoms with van der Waals surface area (Å²) in [5, 5.41) is 7.05. The van der Waals surface area contributed by atoms with Crippen LogP contribution in [0.4, 0.5) is 5.69 Å². The van der Waals surface area contributed by atoms with Crippen LogP contribution in [0.3, 0.4) is 0 Å². The first-order chi connectivity index (χ1) is 13.6. The van der Waals surface area contributed by atoms with Gasteiger partial charge in [-0.25, -0.2) is 17.8 Å². The van der Waals surface area contributed by atoms with Crippen molar-refractivity contribution in [1.82, 2.24) is 14.5 Å². The first-order valence-electron chi connectivity index (χ1n) is 9.12. The minimum Gasteiger partial charge on any atom is -0.322 e. The van der Waals surface area contributed by atoms with E-state index in [0.717, 1.165) is 5.69 Å². The van der Waals surface area contributed by atoms with E-state index in [1.165, 1.54) is 18.3 Å². The van der Waals surface area contributed by atoms with Crippen LogP contribution < -0.4 is 10.0 Å². The third kappa shape index (κ3) is 4.90. The average Bonchev–Trinajstić information content (AvgIpc) is 3.02. The number of anilines is 1. The second kappa shape index (κ2) is 7.81. The van der Waals surface area contributed by atoms with E-state index in [4.69, 9.17) is 0 Å². The van der Waals surface area contributed by atoms with E-state index in [2.05, 4.69) is 15.1 Å². The lowest BCUT2D eigenvalue weighted by atomic mass is 10.1. The van der Waals surface area contributed by atoms with Gasteiger partial charge in [0.2, 0.25) is 10.0 Å². The van der Waals surface area contributed by atoms with Crippen LogP contribution in [0.1, 0.15) is 36.8 Å². The zero-order valence-electron chi connectivity index (χ0n) is 16.8. The Balaban J connectivity index is 1.83. The Hall–Kier alpha value is -2.97. The summed E-state index contributed by atoms with van der Waals surface area (Å²) in [6.07, 6.45) is 1.50. The normalized spacial score (nSPS) is 12.0. The molecule has 0 saturated carbocycles. The molecule has 0 bridgehead atoms. The fraction of sp³-hybridized carbons (Fsp3) is 0.238. The maximum atomic E-state index is 12.7. The number of carbonyl (C=O) groups excluding carboxylic acids is 1. The molecule has 1 heterocycles. The van der Waals surface area contributed by atoms with E-state index in [9.17, 15) is 13.2 Å². The van der Waals surface area contributed by atoms with Crippen LogP contribution in [0.2, 0.25) is 0 Å². The van der Waals surface area contributed by atoms with Gasteiger partial charge < -0.3 is 5.32 Å². The van der Waals surface area contributed by atoms with Crippen LogP contribution in [0.5, 0.6) is 0 Å². The molecule has 0 spiro atoms. The predicted molar refractivity (Wildman–Crippen MR) is 113 cm³/mol. The molecule has 7 nitrogen and oxygen atoms in total. The molecule has 0 aliphatic rings. The molecule has 1 aromatic heterocycles. The predicted octanol–water partition coefficient (Wildman–Crippen LogP) is 3.51. The summed E-state index contributed by atoms with van der Waals surface area (Å²) in [6.45, 7) is 7.11. The topological polar surface area (TPSA) is 93.1 Å². The van der Waals surface area contributed by atoms with Crippen molar-refractivity contribution in [2.24, 2.45) is 0 Å². The van der Waals surface area contributed by atoms with E-state index < -0.39 is 15.6 Å². The molecule has 0 fully saturated rings. The Bertz CT molecular complexity index is 1130. The molecule has 2 N–H and O–H groups in total. The van der Waals surface area contributed by atoms with Crippen molar-refractivity contribution in [1.29, 1.82) is 0 Å². The van der Waals surface area contributed by atoms with Crippen molar-refractivity contribution in [3.05, 3.63) is 72.1 Å². The number of rotatable bonds is 5. The third-order valence-corrected chi connectivity index (χ3v) is 5.85. The molecule has 3 rings (SSSR count). The van der Waals surface area contributed by atoms with E-state index in [1.54, 1.807) is 37.6 Å². The van der Waals surface area contributed by atoms with Crippen molar-refractivity contribution in [3.63, 3.8) is 0 Å². The lowest BCUT2D eigenvalue weighted by Gasteiger charge is -2.20. The minimum absolute atomic E-state index is 0.0851. The highest BCUT2D eigenvalue weighted by atomic mass is 32.2. The van der Waals surface area contributed by atoms with E-state index in [-0.39, 0.29) is 10.8 Å². The average molecular weight is 413 g/mol. The summed E-state index contributed by atoms with van der Waals surface area (Å²) in [5.74, 6) is -0.358. The van der Waals surface area contributed by atoms with Crippen molar-refractivity contribution < 1.29 is 13.2 Å². The Labute approximate surface area is 170 Å². The van der Waals surface area contributed by atoms with Gasteiger partial charge in [-0.2, -0.15) is 5.10 Å². The zero-order chi connectivity index (χ0) is 21.2. The van der Waals surface area contributed by atoms with Gasteiger partial charge in [-0.3, -0.25) is 4.79 Å². The summed E-state index contributed by atoms with van der Waals surface area (Å²) in [7, 11) is -3.70. The molecule has 0 aliphatic carbocycles. The van der Waals surface area contributed by atoms with Crippen molar-refractivity contribution in [2.45, 2.75) is 38.1 Å². The molecule has 29 heavy (non-hydrogen) atoms. The summed E-state index contributed by atoms with van der Waals surface area (Å²) in [5.41, 5.74) is 1.73. The number of benzene rings is 2. The highest BCUT2D eigenvalue weighted by molar-refractivity contribution is 7.89. The molecular formula is C21H24N4O3S. The molecule has 1 amide bonds. The number of hydrogen-bond donors (Lipinski definition) is 2. The van der Waals surface area contributed by atoms with Crippen LogP contribution in [-0.2, 0) is 10.0 Å². The number of aromatic nitrogens is 2. The summed E-state index contributed by atoms with van der Waals surface area (Å²) >= 11 is 0. The molecule has 0 saturated heterocycles.